The van der Waals surface area contributed by atoms with Gasteiger partial charge in [-0.05, 0) is 19.4 Å². The van der Waals surface area contributed by atoms with Crippen molar-refractivity contribution < 1.29 is 4.79 Å². The predicted octanol–water partition coefficient (Wildman–Crippen LogP) is 3.20. The molecule has 0 bridgehead atoms. The van der Waals surface area contributed by atoms with Gasteiger partial charge in [-0.2, -0.15) is 0 Å². The number of rotatable bonds is 3. The van der Waals surface area contributed by atoms with Crippen molar-refractivity contribution in [1.82, 2.24) is 14.7 Å². The number of hydrogen-bond acceptors (Lipinski definition) is 3. The van der Waals surface area contributed by atoms with Gasteiger partial charge < -0.3 is 5.32 Å². The number of benzene rings is 1. The van der Waals surface area contributed by atoms with E-state index in [2.05, 4.69) is 10.3 Å². The number of carbonyl (C=O) groups is 1. The van der Waals surface area contributed by atoms with E-state index in [1.54, 1.807) is 6.20 Å². The standard InChI is InChI=1S/C15H15N3OS/c1-10-9-20-15-17-13(8-18(10)15)14(19)16-11(2)12-6-4-3-5-7-12/h3-9,11H,1-2H3,(H,16,19). The number of hydrogen-bond donors (Lipinski definition) is 1. The Labute approximate surface area is 121 Å². The number of carbonyl (C=O) groups excluding carboxylic acids is 1. The lowest BCUT2D eigenvalue weighted by atomic mass is 10.1. The molecule has 0 aliphatic rings. The van der Waals surface area contributed by atoms with Crippen molar-refractivity contribution in [1.29, 1.82) is 0 Å². The lowest BCUT2D eigenvalue weighted by Crippen LogP contribution is -2.26. The van der Waals surface area contributed by atoms with Crippen molar-refractivity contribution in [3.05, 3.63) is 58.9 Å². The predicted molar refractivity (Wildman–Crippen MR) is 80.1 cm³/mol. The highest BCUT2D eigenvalue weighted by molar-refractivity contribution is 7.15. The molecule has 5 heteroatoms. The van der Waals surface area contributed by atoms with Crippen LogP contribution in [0.5, 0.6) is 0 Å². The highest BCUT2D eigenvalue weighted by Crippen LogP contribution is 2.17. The van der Waals surface area contributed by atoms with Crippen molar-refractivity contribution in [3.8, 4) is 0 Å². The molecule has 3 rings (SSSR count). The van der Waals surface area contributed by atoms with Crippen LogP contribution in [-0.4, -0.2) is 15.3 Å². The second-order valence-corrected chi connectivity index (χ2v) is 5.60. The topological polar surface area (TPSA) is 46.4 Å². The van der Waals surface area contributed by atoms with Gasteiger partial charge in [-0.15, -0.1) is 11.3 Å². The maximum absolute atomic E-state index is 12.2. The van der Waals surface area contributed by atoms with Gasteiger partial charge in [-0.3, -0.25) is 9.20 Å². The number of thiazole rings is 1. The average Bonchev–Trinajstić information content (AvgIpc) is 3.02. The van der Waals surface area contributed by atoms with E-state index in [4.69, 9.17) is 0 Å². The van der Waals surface area contributed by atoms with E-state index in [-0.39, 0.29) is 11.9 Å². The molecule has 0 aliphatic heterocycles. The van der Waals surface area contributed by atoms with Gasteiger partial charge in [-0.1, -0.05) is 30.3 Å². The van der Waals surface area contributed by atoms with Crippen LogP contribution in [0.15, 0.2) is 41.9 Å². The zero-order valence-electron chi connectivity index (χ0n) is 11.3. The van der Waals surface area contributed by atoms with E-state index < -0.39 is 0 Å². The van der Waals surface area contributed by atoms with E-state index >= 15 is 0 Å². The molecular formula is C15H15N3OS. The summed E-state index contributed by atoms with van der Waals surface area (Å²) in [6.45, 7) is 3.97. The maximum Gasteiger partial charge on any atom is 0.272 e. The highest BCUT2D eigenvalue weighted by Gasteiger charge is 2.15. The fourth-order valence-electron chi connectivity index (χ4n) is 2.10. The summed E-state index contributed by atoms with van der Waals surface area (Å²) in [4.78, 5) is 17.4. The number of nitrogens with one attached hydrogen (secondary N) is 1. The third-order valence-corrected chi connectivity index (χ3v) is 4.23. The number of amides is 1. The summed E-state index contributed by atoms with van der Waals surface area (Å²) < 4.78 is 1.94. The monoisotopic (exact) mass is 285 g/mol. The number of aryl methyl sites for hydroxylation is 1. The van der Waals surface area contributed by atoms with Crippen LogP contribution >= 0.6 is 11.3 Å². The van der Waals surface area contributed by atoms with Crippen molar-refractivity contribution >= 4 is 22.2 Å². The number of nitrogens with zero attached hydrogens (tertiary/aromatic N) is 2. The van der Waals surface area contributed by atoms with Crippen molar-refractivity contribution in [2.75, 3.05) is 0 Å². The van der Waals surface area contributed by atoms with E-state index in [9.17, 15) is 4.79 Å². The van der Waals surface area contributed by atoms with Crippen LogP contribution in [0.1, 0.15) is 34.7 Å². The number of aromatic nitrogens is 2. The quantitative estimate of drug-likeness (QED) is 0.803. The molecule has 1 unspecified atom stereocenters. The van der Waals surface area contributed by atoms with Gasteiger partial charge in [0.2, 0.25) is 0 Å². The Morgan fingerprint density at radius 2 is 2.10 bits per heavy atom. The molecule has 1 atom stereocenters. The minimum atomic E-state index is -0.142. The third kappa shape index (κ3) is 2.32. The summed E-state index contributed by atoms with van der Waals surface area (Å²) in [7, 11) is 0. The van der Waals surface area contributed by atoms with Gasteiger partial charge in [0.25, 0.3) is 5.91 Å². The molecule has 0 saturated heterocycles. The van der Waals surface area contributed by atoms with Gasteiger partial charge >= 0.3 is 0 Å². The smallest absolute Gasteiger partial charge is 0.272 e. The molecule has 0 spiro atoms. The van der Waals surface area contributed by atoms with E-state index in [0.717, 1.165) is 16.2 Å². The Kier molecular flexibility index (Phi) is 3.28. The van der Waals surface area contributed by atoms with Crippen LogP contribution in [-0.2, 0) is 0 Å². The number of fused-ring (bicyclic) bond motifs is 1. The molecule has 0 radical (unpaired) electrons. The molecule has 1 aromatic carbocycles. The Bertz CT molecular complexity index is 745. The van der Waals surface area contributed by atoms with Crippen LogP contribution in [0, 0.1) is 6.92 Å². The lowest BCUT2D eigenvalue weighted by molar-refractivity contribution is 0.0935. The minimum absolute atomic E-state index is 0.0375. The Hall–Kier alpha value is -2.14. The highest BCUT2D eigenvalue weighted by atomic mass is 32.1. The largest absolute Gasteiger partial charge is 0.344 e. The average molecular weight is 285 g/mol. The van der Waals surface area contributed by atoms with Gasteiger partial charge in [0.1, 0.15) is 5.69 Å². The summed E-state index contributed by atoms with van der Waals surface area (Å²) in [6, 6.07) is 9.86. The molecule has 2 aromatic heterocycles. The first-order chi connectivity index (χ1) is 9.65. The SMILES string of the molecule is Cc1csc2nc(C(=O)NC(C)c3ccccc3)cn12. The molecular weight excluding hydrogens is 270 g/mol. The van der Waals surface area contributed by atoms with Gasteiger partial charge in [0.05, 0.1) is 6.04 Å². The fourth-order valence-corrected chi connectivity index (χ4v) is 2.95. The Balaban J connectivity index is 1.79. The molecule has 0 saturated carbocycles. The second kappa shape index (κ2) is 5.09. The normalized spacial score (nSPS) is 12.5. The second-order valence-electron chi connectivity index (χ2n) is 4.76. The van der Waals surface area contributed by atoms with Gasteiger partial charge in [0.15, 0.2) is 4.96 Å². The third-order valence-electron chi connectivity index (χ3n) is 3.27. The summed E-state index contributed by atoms with van der Waals surface area (Å²) in [5.74, 6) is -0.142. The zero-order chi connectivity index (χ0) is 14.1. The van der Waals surface area contributed by atoms with Gasteiger partial charge in [0, 0.05) is 17.3 Å². The fraction of sp³-hybridized carbons (Fsp3) is 0.200. The van der Waals surface area contributed by atoms with E-state index in [1.807, 2.05) is 54.0 Å². The maximum atomic E-state index is 12.2. The zero-order valence-corrected chi connectivity index (χ0v) is 12.1. The van der Waals surface area contributed by atoms with Crippen LogP contribution < -0.4 is 5.32 Å². The first-order valence-electron chi connectivity index (χ1n) is 6.44. The molecule has 20 heavy (non-hydrogen) atoms. The molecule has 4 nitrogen and oxygen atoms in total. The molecule has 1 N–H and O–H groups in total. The molecule has 2 heterocycles. The van der Waals surface area contributed by atoms with E-state index in [0.29, 0.717) is 5.69 Å². The lowest BCUT2D eigenvalue weighted by Gasteiger charge is -2.13. The van der Waals surface area contributed by atoms with Crippen LogP contribution in [0.3, 0.4) is 0 Å². The van der Waals surface area contributed by atoms with Crippen LogP contribution in [0.4, 0.5) is 0 Å². The molecule has 1 amide bonds. The summed E-state index contributed by atoms with van der Waals surface area (Å²) in [5, 5.41) is 5.00. The Morgan fingerprint density at radius 3 is 2.80 bits per heavy atom. The molecule has 0 fully saturated rings. The van der Waals surface area contributed by atoms with Crippen molar-refractivity contribution in [2.45, 2.75) is 19.9 Å². The Morgan fingerprint density at radius 1 is 1.35 bits per heavy atom. The first kappa shape index (κ1) is 12.9. The molecule has 102 valence electrons. The van der Waals surface area contributed by atoms with E-state index in [1.165, 1.54) is 11.3 Å². The summed E-state index contributed by atoms with van der Waals surface area (Å²) in [5.41, 5.74) is 2.63. The van der Waals surface area contributed by atoms with Gasteiger partial charge in [-0.25, -0.2) is 4.98 Å². The number of imidazole rings is 1. The summed E-state index contributed by atoms with van der Waals surface area (Å²) >= 11 is 1.54. The van der Waals surface area contributed by atoms with Crippen LogP contribution in [0.2, 0.25) is 0 Å². The van der Waals surface area contributed by atoms with Crippen molar-refractivity contribution in [3.63, 3.8) is 0 Å². The molecule has 0 aliphatic carbocycles. The van der Waals surface area contributed by atoms with Crippen molar-refractivity contribution in [2.24, 2.45) is 0 Å². The van der Waals surface area contributed by atoms with Crippen LogP contribution in [0.25, 0.3) is 4.96 Å². The molecule has 3 aromatic rings. The minimum Gasteiger partial charge on any atom is -0.344 e. The summed E-state index contributed by atoms with van der Waals surface area (Å²) in [6.07, 6.45) is 1.79. The first-order valence-corrected chi connectivity index (χ1v) is 7.32.